The van der Waals surface area contributed by atoms with Crippen molar-refractivity contribution in [2.75, 3.05) is 7.11 Å². The molecule has 1 aliphatic rings. The van der Waals surface area contributed by atoms with E-state index in [1.54, 1.807) is 43.5 Å². The number of aromatic nitrogens is 1. The Morgan fingerprint density at radius 3 is 2.36 bits per heavy atom. The summed E-state index contributed by atoms with van der Waals surface area (Å²) < 4.78 is 20.2. The molecule has 0 spiro atoms. The average Bonchev–Trinajstić information content (AvgIpc) is 3.14. The largest absolute Gasteiger partial charge is 0.497 e. The molecule has 1 aliphatic carbocycles. The van der Waals surface area contributed by atoms with Crippen LogP contribution in [0.1, 0.15) is 32.7 Å². The van der Waals surface area contributed by atoms with Crippen LogP contribution in [0.2, 0.25) is 0 Å². The van der Waals surface area contributed by atoms with E-state index in [-0.39, 0.29) is 28.0 Å². The third-order valence-electron chi connectivity index (χ3n) is 5.66. The Labute approximate surface area is 190 Å². The van der Waals surface area contributed by atoms with Gasteiger partial charge in [0.1, 0.15) is 17.6 Å². The van der Waals surface area contributed by atoms with Crippen LogP contribution in [0.5, 0.6) is 5.75 Å². The lowest BCUT2D eigenvalue weighted by molar-refractivity contribution is 0.104. The summed E-state index contributed by atoms with van der Waals surface area (Å²) in [5, 5.41) is 10.1. The predicted octanol–water partition coefficient (Wildman–Crippen LogP) is 6.15. The quantitative estimate of drug-likeness (QED) is 0.342. The summed E-state index contributed by atoms with van der Waals surface area (Å²) in [4.78, 5) is 18.0. The Morgan fingerprint density at radius 1 is 0.909 bits per heavy atom. The van der Waals surface area contributed by atoms with Gasteiger partial charge in [-0.05, 0) is 29.8 Å². The van der Waals surface area contributed by atoms with Gasteiger partial charge in [-0.15, -0.1) is 0 Å². The lowest BCUT2D eigenvalue weighted by Crippen LogP contribution is -2.05. The third-order valence-corrected chi connectivity index (χ3v) is 5.66. The molecule has 0 bridgehead atoms. The van der Waals surface area contributed by atoms with Gasteiger partial charge < -0.3 is 4.74 Å². The molecule has 158 valence electrons. The van der Waals surface area contributed by atoms with E-state index < -0.39 is 5.82 Å². The first kappa shape index (κ1) is 20.3. The monoisotopic (exact) mass is 432 g/mol. The number of pyridine rings is 1. The molecule has 0 aliphatic heterocycles. The van der Waals surface area contributed by atoms with Crippen molar-refractivity contribution in [3.63, 3.8) is 0 Å². The van der Waals surface area contributed by atoms with Crippen LogP contribution in [0.3, 0.4) is 0 Å². The highest BCUT2D eigenvalue weighted by atomic mass is 19.1. The fraction of sp³-hybridized carbons (Fsp3) is 0.0357. The molecule has 0 atom stereocenters. The molecule has 3 aromatic carbocycles. The van der Waals surface area contributed by atoms with E-state index in [1.165, 1.54) is 6.07 Å². The van der Waals surface area contributed by atoms with E-state index in [0.717, 1.165) is 5.56 Å². The summed E-state index contributed by atoms with van der Waals surface area (Å²) in [6.45, 7) is 0. The smallest absolute Gasteiger partial charge is 0.196 e. The van der Waals surface area contributed by atoms with Crippen LogP contribution < -0.4 is 4.74 Å². The number of hydrogen-bond donors (Lipinski definition) is 0. The van der Waals surface area contributed by atoms with Crippen molar-refractivity contribution < 1.29 is 13.9 Å². The van der Waals surface area contributed by atoms with Gasteiger partial charge in [0, 0.05) is 22.3 Å². The highest BCUT2D eigenvalue weighted by Gasteiger charge is 2.34. The second kappa shape index (κ2) is 8.18. The van der Waals surface area contributed by atoms with Crippen LogP contribution in [0.25, 0.3) is 34.5 Å². The summed E-state index contributed by atoms with van der Waals surface area (Å²) in [7, 11) is 1.59. The van der Waals surface area contributed by atoms with Gasteiger partial charge in [0.15, 0.2) is 5.78 Å². The minimum absolute atomic E-state index is 0.152. The number of fused-ring (bicyclic) bond motifs is 3. The fourth-order valence-electron chi connectivity index (χ4n) is 4.13. The summed E-state index contributed by atoms with van der Waals surface area (Å²) in [6, 6.07) is 22.9. The van der Waals surface area contributed by atoms with Gasteiger partial charge in [-0.2, -0.15) is 5.26 Å². The standard InChI is InChI=1S/C28H17FN2O2/c1-33-18-8-6-7-17(15-18)13-14-24-22(16-30)25(21-11-4-5-12-23(21)29)26-27(31-24)19-9-2-3-10-20(19)28(26)32/h2-15H,1H3/b14-13+. The molecule has 5 heteroatoms. The zero-order valence-corrected chi connectivity index (χ0v) is 17.7. The molecule has 0 saturated carbocycles. The van der Waals surface area contributed by atoms with Crippen molar-refractivity contribution in [3.8, 4) is 34.2 Å². The van der Waals surface area contributed by atoms with E-state index in [4.69, 9.17) is 9.72 Å². The number of ketones is 1. The molecule has 0 unspecified atom stereocenters. The van der Waals surface area contributed by atoms with E-state index in [0.29, 0.717) is 28.3 Å². The maximum atomic E-state index is 14.9. The van der Waals surface area contributed by atoms with Crippen molar-refractivity contribution in [3.05, 3.63) is 107 Å². The molecule has 33 heavy (non-hydrogen) atoms. The summed E-state index contributed by atoms with van der Waals surface area (Å²) in [5.41, 5.74) is 3.72. The Hall–Kier alpha value is -4.56. The number of carbonyl (C=O) groups is 1. The number of carbonyl (C=O) groups excluding carboxylic acids is 1. The third kappa shape index (κ3) is 3.38. The molecule has 1 heterocycles. The molecule has 0 N–H and O–H groups in total. The van der Waals surface area contributed by atoms with Gasteiger partial charge in [-0.25, -0.2) is 9.37 Å². The highest BCUT2D eigenvalue weighted by molar-refractivity contribution is 6.24. The van der Waals surface area contributed by atoms with E-state index >= 15 is 0 Å². The van der Waals surface area contributed by atoms with Crippen LogP contribution in [0, 0.1) is 17.1 Å². The maximum absolute atomic E-state index is 14.9. The number of nitrogens with zero attached hydrogens (tertiary/aromatic N) is 2. The first-order valence-electron chi connectivity index (χ1n) is 10.3. The number of rotatable bonds is 4. The number of nitriles is 1. The molecule has 1 aromatic heterocycles. The Balaban J connectivity index is 1.79. The minimum atomic E-state index is -0.506. The van der Waals surface area contributed by atoms with Crippen molar-refractivity contribution in [2.24, 2.45) is 0 Å². The normalized spacial score (nSPS) is 11.8. The number of ether oxygens (including phenoxy) is 1. The number of halogens is 1. The first-order valence-corrected chi connectivity index (χ1v) is 10.3. The van der Waals surface area contributed by atoms with Crippen LogP contribution in [-0.2, 0) is 0 Å². The van der Waals surface area contributed by atoms with Crippen LogP contribution in [-0.4, -0.2) is 17.9 Å². The summed E-state index contributed by atoms with van der Waals surface area (Å²) in [5.74, 6) is -0.0637. The zero-order chi connectivity index (χ0) is 22.9. The molecule has 0 fully saturated rings. The second-order valence-corrected chi connectivity index (χ2v) is 7.55. The van der Waals surface area contributed by atoms with Crippen LogP contribution in [0.4, 0.5) is 4.39 Å². The maximum Gasteiger partial charge on any atom is 0.196 e. The molecule has 0 saturated heterocycles. The van der Waals surface area contributed by atoms with Crippen molar-refractivity contribution in [2.45, 2.75) is 0 Å². The van der Waals surface area contributed by atoms with E-state index in [9.17, 15) is 14.4 Å². The molecule has 5 rings (SSSR count). The van der Waals surface area contributed by atoms with E-state index in [2.05, 4.69) is 6.07 Å². The van der Waals surface area contributed by atoms with Gasteiger partial charge >= 0.3 is 0 Å². The topological polar surface area (TPSA) is 63.0 Å². The predicted molar refractivity (Wildman–Crippen MR) is 125 cm³/mol. The molecule has 4 aromatic rings. The summed E-state index contributed by atoms with van der Waals surface area (Å²) in [6.07, 6.45) is 3.52. The fourth-order valence-corrected chi connectivity index (χ4v) is 4.13. The minimum Gasteiger partial charge on any atom is -0.497 e. The lowest BCUT2D eigenvalue weighted by Gasteiger charge is -2.13. The molecule has 4 nitrogen and oxygen atoms in total. The van der Waals surface area contributed by atoms with Crippen molar-refractivity contribution in [1.82, 2.24) is 4.98 Å². The summed E-state index contributed by atoms with van der Waals surface area (Å²) >= 11 is 0. The number of hydrogen-bond acceptors (Lipinski definition) is 4. The number of benzene rings is 3. The Kier molecular flexibility index (Phi) is 5.04. The zero-order valence-electron chi connectivity index (χ0n) is 17.7. The van der Waals surface area contributed by atoms with Gasteiger partial charge in [0.2, 0.25) is 0 Å². The SMILES string of the molecule is COc1cccc(/C=C/c2nc3c(c(-c4ccccc4F)c2C#N)C(=O)c2ccccc2-3)c1. The van der Waals surface area contributed by atoms with Gasteiger partial charge in [0.05, 0.1) is 29.6 Å². The first-order chi connectivity index (χ1) is 16.1. The van der Waals surface area contributed by atoms with Gasteiger partial charge in [-0.1, -0.05) is 60.7 Å². The van der Waals surface area contributed by atoms with Crippen molar-refractivity contribution in [1.29, 1.82) is 5.26 Å². The highest BCUT2D eigenvalue weighted by Crippen LogP contribution is 2.43. The second-order valence-electron chi connectivity index (χ2n) is 7.55. The van der Waals surface area contributed by atoms with Gasteiger partial charge in [0.25, 0.3) is 0 Å². The molecule has 0 radical (unpaired) electrons. The van der Waals surface area contributed by atoms with Crippen LogP contribution in [0.15, 0.2) is 72.8 Å². The Morgan fingerprint density at radius 2 is 1.64 bits per heavy atom. The van der Waals surface area contributed by atoms with Crippen LogP contribution >= 0.6 is 0 Å². The average molecular weight is 432 g/mol. The van der Waals surface area contributed by atoms with Gasteiger partial charge in [-0.3, -0.25) is 4.79 Å². The molecular formula is C28H17FN2O2. The molecule has 0 amide bonds. The van der Waals surface area contributed by atoms with Crippen molar-refractivity contribution >= 4 is 17.9 Å². The number of methoxy groups -OCH3 is 1. The lowest BCUT2D eigenvalue weighted by atomic mass is 9.91. The Bertz CT molecular complexity index is 1500. The van der Waals surface area contributed by atoms with E-state index in [1.807, 2.05) is 42.5 Å². The molecular weight excluding hydrogens is 415 g/mol.